The van der Waals surface area contributed by atoms with E-state index in [0.717, 1.165) is 6.42 Å². The normalized spacial score (nSPS) is 13.0. The molecule has 0 amide bonds. The highest BCUT2D eigenvalue weighted by Crippen LogP contribution is 2.57. The third-order valence-corrected chi connectivity index (χ3v) is 12.2. The highest BCUT2D eigenvalue weighted by molar-refractivity contribution is 7.61. The Kier molecular flexibility index (Phi) is 38.9. The summed E-state index contributed by atoms with van der Waals surface area (Å²) in [7, 11) is -2.72. The molecule has 0 spiro atoms. The van der Waals surface area contributed by atoms with Crippen LogP contribution in [0.25, 0.3) is 0 Å². The van der Waals surface area contributed by atoms with Crippen molar-refractivity contribution in [1.29, 1.82) is 0 Å². The number of hydrogen-bond acceptors (Lipinski definition) is 2. The van der Waals surface area contributed by atoms with Gasteiger partial charge in [0.15, 0.2) is 0 Å². The van der Waals surface area contributed by atoms with Gasteiger partial charge < -0.3 is 9.09 Å². The van der Waals surface area contributed by atoms with Crippen molar-refractivity contribution in [3.63, 3.8) is 0 Å². The highest BCUT2D eigenvalue weighted by Gasteiger charge is 2.25. The van der Waals surface area contributed by atoms with Gasteiger partial charge in [-0.2, -0.15) is 0 Å². The predicted octanol–water partition coefficient (Wildman–Crippen LogP) is 16.8. The fourth-order valence-corrected chi connectivity index (χ4v) is 6.67. The fraction of sp³-hybridized carbons (Fsp3) is 0.976. The molecule has 0 fully saturated rings. The van der Waals surface area contributed by atoms with Crippen LogP contribution in [0.3, 0.4) is 0 Å². The molecule has 2 nitrogen and oxygen atoms in total. The first-order chi connectivity index (χ1) is 21.7. The van der Waals surface area contributed by atoms with Gasteiger partial charge in [0.1, 0.15) is 0 Å². The lowest BCUT2D eigenvalue weighted by atomic mass is 10.0. The van der Waals surface area contributed by atoms with Crippen LogP contribution in [0, 0.1) is 6.66 Å². The molecule has 0 aromatic carbocycles. The molecule has 0 aliphatic carbocycles. The van der Waals surface area contributed by atoms with Crippen LogP contribution in [-0.4, -0.2) is 11.8 Å². The van der Waals surface area contributed by atoms with Gasteiger partial charge in [-0.1, -0.05) is 247 Å². The summed E-state index contributed by atoms with van der Waals surface area (Å²) in [4.78, 5) is 0. The van der Waals surface area contributed by atoms with E-state index in [9.17, 15) is 4.57 Å². The lowest BCUT2D eigenvalue weighted by Crippen LogP contribution is -2.15. The Hall–Kier alpha value is 0.190. The molecule has 0 aliphatic heterocycles. The molecule has 0 radical (unpaired) electrons. The van der Waals surface area contributed by atoms with Crippen LogP contribution in [0.2, 0.25) is 0 Å². The van der Waals surface area contributed by atoms with Crippen LogP contribution in [-0.2, 0) is 9.09 Å². The van der Waals surface area contributed by atoms with Gasteiger partial charge in [-0.3, -0.25) is 6.66 Å². The van der Waals surface area contributed by atoms with Crippen LogP contribution in [0.5, 0.6) is 0 Å². The van der Waals surface area contributed by atoms with E-state index in [0.29, 0.717) is 6.61 Å². The average molecular weight is 656 g/mol. The van der Waals surface area contributed by atoms with E-state index in [1.54, 1.807) is 0 Å². The van der Waals surface area contributed by atoms with E-state index in [1.807, 2.05) is 20.8 Å². The summed E-state index contributed by atoms with van der Waals surface area (Å²) in [5, 5.41) is -0.345. The highest BCUT2D eigenvalue weighted by atomic mass is 31.2. The topological polar surface area (TPSA) is 26.3 Å². The van der Waals surface area contributed by atoms with Gasteiger partial charge in [0.2, 0.25) is 0 Å². The Bertz CT molecular complexity index is 566. The largest absolute Gasteiger partial charge is 0.352 e. The van der Waals surface area contributed by atoms with Crippen LogP contribution in [0.4, 0.5) is 0 Å². The third-order valence-electron chi connectivity index (χ3n) is 9.53. The van der Waals surface area contributed by atoms with Crippen molar-refractivity contribution in [3.05, 3.63) is 6.66 Å². The zero-order chi connectivity index (χ0) is 33.7. The van der Waals surface area contributed by atoms with Crippen LogP contribution >= 0.6 is 7.37 Å². The first-order valence-corrected chi connectivity index (χ1v) is 22.6. The van der Waals surface area contributed by atoms with E-state index in [-0.39, 0.29) is 5.16 Å². The van der Waals surface area contributed by atoms with E-state index < -0.39 is 7.37 Å². The van der Waals surface area contributed by atoms with E-state index >= 15 is 0 Å². The van der Waals surface area contributed by atoms with E-state index in [1.165, 1.54) is 205 Å². The minimum absolute atomic E-state index is 0.345. The molecule has 0 saturated carbocycles. The van der Waals surface area contributed by atoms with Gasteiger partial charge >= 0.3 is 0 Å². The maximum Gasteiger partial charge on any atom is 0.0704 e. The van der Waals surface area contributed by atoms with Crippen molar-refractivity contribution < 1.29 is 9.09 Å². The Morgan fingerprint density at radius 3 is 0.733 bits per heavy atom. The molecule has 1 atom stereocenters. The van der Waals surface area contributed by atoms with Crippen molar-refractivity contribution in [2.75, 3.05) is 6.61 Å². The van der Waals surface area contributed by atoms with Crippen molar-refractivity contribution in [1.82, 2.24) is 0 Å². The average Bonchev–Trinajstić information content (AvgIpc) is 3.00. The summed E-state index contributed by atoms with van der Waals surface area (Å²) < 4.78 is 17.8. The molecule has 0 saturated heterocycles. The van der Waals surface area contributed by atoms with Crippen molar-refractivity contribution in [2.45, 2.75) is 259 Å². The smallest absolute Gasteiger partial charge is 0.0704 e. The molecule has 0 aromatic rings. The second-order valence-electron chi connectivity index (χ2n) is 15.3. The summed E-state index contributed by atoms with van der Waals surface area (Å²) in [6.07, 6.45) is 46.7. The first-order valence-electron chi connectivity index (χ1n) is 20.8. The fourth-order valence-electron chi connectivity index (χ4n) is 5.85. The molecule has 0 N–H and O–H groups in total. The Labute approximate surface area is 287 Å². The van der Waals surface area contributed by atoms with Gasteiger partial charge in [-0.25, -0.2) is 0 Å². The first kappa shape index (κ1) is 47.3. The second-order valence-corrected chi connectivity index (χ2v) is 18.2. The zero-order valence-electron chi connectivity index (χ0n) is 32.5. The van der Waals surface area contributed by atoms with Gasteiger partial charge in [-0.05, 0) is 6.42 Å². The zero-order valence-corrected chi connectivity index (χ0v) is 33.4. The monoisotopic (exact) mass is 656 g/mol. The molecule has 274 valence electrons. The number of hydrogen-bond donors (Lipinski definition) is 0. The molecule has 0 aliphatic rings. The van der Waals surface area contributed by atoms with Gasteiger partial charge in [0, 0.05) is 5.16 Å². The summed E-state index contributed by atoms with van der Waals surface area (Å²) in [6, 6.07) is 0. The number of rotatable bonds is 34. The quantitative estimate of drug-likeness (QED) is 0.0392. The SMILES string of the molecule is CCCCCCCCCCCCCCCCCCC.[CH2-]P(=O)(OCCCCCCCCCCCCCCCCCC)C(C)(C)C. The Morgan fingerprint density at radius 2 is 0.556 bits per heavy atom. The molecule has 45 heavy (non-hydrogen) atoms. The molecule has 3 heteroatoms. The molecule has 0 heterocycles. The summed E-state index contributed by atoms with van der Waals surface area (Å²) in [5.74, 6) is 0. The van der Waals surface area contributed by atoms with Gasteiger partial charge in [-0.15, -0.1) is 0 Å². The molecule has 0 rings (SSSR count). The molecule has 0 aromatic heterocycles. The van der Waals surface area contributed by atoms with Crippen LogP contribution in [0.1, 0.15) is 253 Å². The second kappa shape index (κ2) is 37.0. The molecular weight excluding hydrogens is 567 g/mol. The maximum atomic E-state index is 12.3. The van der Waals surface area contributed by atoms with Crippen molar-refractivity contribution in [3.8, 4) is 0 Å². The predicted molar refractivity (Wildman–Crippen MR) is 208 cm³/mol. The van der Waals surface area contributed by atoms with E-state index in [2.05, 4.69) is 27.4 Å². The van der Waals surface area contributed by atoms with E-state index in [4.69, 9.17) is 4.52 Å². The van der Waals surface area contributed by atoms with Crippen molar-refractivity contribution >= 4 is 7.37 Å². The number of unbranched alkanes of at least 4 members (excludes halogenated alkanes) is 31. The van der Waals surface area contributed by atoms with Crippen molar-refractivity contribution in [2.24, 2.45) is 0 Å². The Morgan fingerprint density at radius 1 is 0.378 bits per heavy atom. The lowest BCUT2D eigenvalue weighted by Gasteiger charge is -2.33. The summed E-state index contributed by atoms with van der Waals surface area (Å²) in [6.45, 7) is 17.1. The minimum atomic E-state index is -2.72. The van der Waals surface area contributed by atoms with Gasteiger partial charge in [0.25, 0.3) is 0 Å². The van der Waals surface area contributed by atoms with Crippen LogP contribution in [0.15, 0.2) is 0 Å². The lowest BCUT2D eigenvalue weighted by molar-refractivity contribution is 0.294. The summed E-state index contributed by atoms with van der Waals surface area (Å²) in [5.41, 5.74) is 0. The minimum Gasteiger partial charge on any atom is -0.352 e. The van der Waals surface area contributed by atoms with Gasteiger partial charge in [0.05, 0.1) is 14.0 Å². The molecule has 0 bridgehead atoms. The maximum absolute atomic E-state index is 12.3. The molecule has 1 unspecified atom stereocenters. The third kappa shape index (κ3) is 38.5. The summed E-state index contributed by atoms with van der Waals surface area (Å²) >= 11 is 0. The standard InChI is InChI=1S/C23H48O2P.C19H40/c1-6-7-8-9-10-11-12-13-14-15-16-17-18-19-20-21-22-25-26(5,24)23(2,3)4;1-3-5-7-9-11-13-15-17-19-18-16-14-12-10-8-6-4-2/h5-22H2,1-4H3;3-19H2,1-2H3/q-1;. The molecular formula is C42H88O2P-. The van der Waals surface area contributed by atoms with Crippen LogP contribution < -0.4 is 0 Å². The Balaban J connectivity index is 0.